The molecule has 0 spiro atoms. The minimum Gasteiger partial charge on any atom is -0.504 e. The van der Waals surface area contributed by atoms with E-state index < -0.39 is 0 Å². The van der Waals surface area contributed by atoms with E-state index in [4.69, 9.17) is 5.11 Å². The van der Waals surface area contributed by atoms with Crippen LogP contribution in [0.2, 0.25) is 0 Å². The minimum absolute atomic E-state index is 0.145. The van der Waals surface area contributed by atoms with E-state index in [1.807, 2.05) is 24.3 Å². The number of nitrogens with one attached hydrogen (secondary N) is 1. The zero-order valence-electron chi connectivity index (χ0n) is 9.34. The number of phenols is 2. The second kappa shape index (κ2) is 5.55. The van der Waals surface area contributed by atoms with E-state index in [2.05, 4.69) is 26.5 Å². The maximum atomic E-state index is 9.31. The number of phenolic OH excluding ortho intramolecular Hbond substituents is 2. The standard InChI is InChI=1S/C13H11BrN2O2/c14-10-2-4-11(5-3-10)16-15-8-9-1-6-12(17)13(18)7-9/h1-8,16-18H/b15-8+. The van der Waals surface area contributed by atoms with Gasteiger partial charge in [-0.15, -0.1) is 0 Å². The highest BCUT2D eigenvalue weighted by Crippen LogP contribution is 2.24. The third-order valence-corrected chi connectivity index (χ3v) is 2.78. The third-order valence-electron chi connectivity index (χ3n) is 2.25. The van der Waals surface area contributed by atoms with Crippen molar-refractivity contribution in [3.05, 3.63) is 52.5 Å². The Labute approximate surface area is 113 Å². The van der Waals surface area contributed by atoms with Gasteiger partial charge in [0, 0.05) is 4.47 Å². The molecule has 0 amide bonds. The highest BCUT2D eigenvalue weighted by molar-refractivity contribution is 9.10. The van der Waals surface area contributed by atoms with Crippen LogP contribution in [-0.4, -0.2) is 16.4 Å². The lowest BCUT2D eigenvalue weighted by molar-refractivity contribution is 0.403. The number of hydrogen-bond donors (Lipinski definition) is 3. The van der Waals surface area contributed by atoms with Gasteiger partial charge in [0.05, 0.1) is 11.9 Å². The number of hydrogen-bond acceptors (Lipinski definition) is 4. The monoisotopic (exact) mass is 306 g/mol. The summed E-state index contributed by atoms with van der Waals surface area (Å²) in [6.45, 7) is 0. The van der Waals surface area contributed by atoms with Crippen LogP contribution in [0.1, 0.15) is 5.56 Å². The van der Waals surface area contributed by atoms with E-state index in [1.54, 1.807) is 12.3 Å². The molecule has 0 radical (unpaired) electrons. The van der Waals surface area contributed by atoms with Crippen molar-refractivity contribution in [2.45, 2.75) is 0 Å². The summed E-state index contributed by atoms with van der Waals surface area (Å²) in [5, 5.41) is 22.5. The van der Waals surface area contributed by atoms with Crippen molar-refractivity contribution < 1.29 is 10.2 Å². The Morgan fingerprint density at radius 2 is 1.72 bits per heavy atom. The third kappa shape index (κ3) is 3.24. The fourth-order valence-electron chi connectivity index (χ4n) is 1.33. The van der Waals surface area contributed by atoms with E-state index in [0.717, 1.165) is 10.2 Å². The molecule has 0 aromatic heterocycles. The molecule has 2 aromatic carbocycles. The van der Waals surface area contributed by atoms with Crippen LogP contribution in [0.4, 0.5) is 5.69 Å². The Bertz CT molecular complexity index is 568. The zero-order chi connectivity index (χ0) is 13.0. The second-order valence-corrected chi connectivity index (χ2v) is 4.54. The number of hydrazone groups is 1. The van der Waals surface area contributed by atoms with Crippen LogP contribution in [0.3, 0.4) is 0 Å². The van der Waals surface area contributed by atoms with Crippen molar-refractivity contribution >= 4 is 27.8 Å². The molecule has 0 unspecified atom stereocenters. The lowest BCUT2D eigenvalue weighted by atomic mass is 10.2. The van der Waals surface area contributed by atoms with Crippen LogP contribution < -0.4 is 5.43 Å². The van der Waals surface area contributed by atoms with Crippen molar-refractivity contribution in [1.82, 2.24) is 0 Å². The first-order chi connectivity index (χ1) is 8.65. The fraction of sp³-hybridized carbons (Fsp3) is 0. The van der Waals surface area contributed by atoms with Gasteiger partial charge in [-0.25, -0.2) is 0 Å². The molecular formula is C13H11BrN2O2. The Hall–Kier alpha value is -2.01. The summed E-state index contributed by atoms with van der Waals surface area (Å²) in [5.74, 6) is -0.310. The number of rotatable bonds is 3. The summed E-state index contributed by atoms with van der Waals surface area (Å²) >= 11 is 3.35. The molecule has 0 aliphatic heterocycles. The van der Waals surface area contributed by atoms with Gasteiger partial charge in [0.2, 0.25) is 0 Å². The summed E-state index contributed by atoms with van der Waals surface area (Å²) in [7, 11) is 0. The molecule has 0 fully saturated rings. The van der Waals surface area contributed by atoms with E-state index in [9.17, 15) is 5.11 Å². The van der Waals surface area contributed by atoms with Crippen LogP contribution >= 0.6 is 15.9 Å². The predicted octanol–water partition coefficient (Wildman–Crippen LogP) is 3.31. The SMILES string of the molecule is Oc1ccc(/C=N/Nc2ccc(Br)cc2)cc1O. The van der Waals surface area contributed by atoms with Gasteiger partial charge in [-0.05, 0) is 48.0 Å². The van der Waals surface area contributed by atoms with Crippen molar-refractivity contribution in [3.8, 4) is 11.5 Å². The summed E-state index contributed by atoms with van der Waals surface area (Å²) < 4.78 is 1.00. The van der Waals surface area contributed by atoms with Crippen LogP contribution in [0.5, 0.6) is 11.5 Å². The Kier molecular flexibility index (Phi) is 3.84. The zero-order valence-corrected chi connectivity index (χ0v) is 10.9. The first kappa shape index (κ1) is 12.4. The topological polar surface area (TPSA) is 64.9 Å². The fourth-order valence-corrected chi connectivity index (χ4v) is 1.59. The van der Waals surface area contributed by atoms with Gasteiger partial charge in [-0.3, -0.25) is 5.43 Å². The van der Waals surface area contributed by atoms with Gasteiger partial charge < -0.3 is 10.2 Å². The largest absolute Gasteiger partial charge is 0.504 e. The van der Waals surface area contributed by atoms with Gasteiger partial charge in [0.25, 0.3) is 0 Å². The molecule has 18 heavy (non-hydrogen) atoms. The van der Waals surface area contributed by atoms with Gasteiger partial charge in [-0.1, -0.05) is 15.9 Å². The van der Waals surface area contributed by atoms with Gasteiger partial charge >= 0.3 is 0 Å². The Morgan fingerprint density at radius 3 is 2.39 bits per heavy atom. The Balaban J connectivity index is 2.02. The summed E-state index contributed by atoms with van der Waals surface area (Å²) in [4.78, 5) is 0. The maximum Gasteiger partial charge on any atom is 0.158 e. The van der Waals surface area contributed by atoms with E-state index in [0.29, 0.717) is 5.56 Å². The molecule has 0 heterocycles. The number of anilines is 1. The normalized spacial score (nSPS) is 10.7. The second-order valence-electron chi connectivity index (χ2n) is 3.63. The summed E-state index contributed by atoms with van der Waals surface area (Å²) in [5.41, 5.74) is 4.41. The van der Waals surface area contributed by atoms with Crippen LogP contribution in [0.25, 0.3) is 0 Å². The molecule has 0 saturated heterocycles. The van der Waals surface area contributed by atoms with Crippen molar-refractivity contribution in [2.75, 3.05) is 5.43 Å². The van der Waals surface area contributed by atoms with E-state index in [1.165, 1.54) is 12.1 Å². The van der Waals surface area contributed by atoms with E-state index in [-0.39, 0.29) is 11.5 Å². The predicted molar refractivity (Wildman–Crippen MR) is 75.1 cm³/mol. The lowest BCUT2D eigenvalue weighted by Gasteiger charge is -2.00. The van der Waals surface area contributed by atoms with Gasteiger partial charge in [-0.2, -0.15) is 5.10 Å². The van der Waals surface area contributed by atoms with Crippen LogP contribution in [0.15, 0.2) is 52.0 Å². The van der Waals surface area contributed by atoms with Gasteiger partial charge in [0.1, 0.15) is 0 Å². The molecule has 4 nitrogen and oxygen atoms in total. The molecule has 0 aliphatic carbocycles. The number of nitrogens with zero attached hydrogens (tertiary/aromatic N) is 1. The van der Waals surface area contributed by atoms with Crippen LogP contribution in [0, 0.1) is 0 Å². The molecule has 0 bridgehead atoms. The number of benzene rings is 2. The number of aromatic hydroxyl groups is 2. The maximum absolute atomic E-state index is 9.31. The van der Waals surface area contributed by atoms with Crippen molar-refractivity contribution in [2.24, 2.45) is 5.10 Å². The molecule has 92 valence electrons. The average Bonchev–Trinajstić information content (AvgIpc) is 2.36. The van der Waals surface area contributed by atoms with E-state index >= 15 is 0 Å². The molecule has 0 aliphatic rings. The highest BCUT2D eigenvalue weighted by atomic mass is 79.9. The molecule has 2 aromatic rings. The van der Waals surface area contributed by atoms with Crippen molar-refractivity contribution in [3.63, 3.8) is 0 Å². The quantitative estimate of drug-likeness (QED) is 0.463. The van der Waals surface area contributed by atoms with Crippen LogP contribution in [-0.2, 0) is 0 Å². The average molecular weight is 307 g/mol. The highest BCUT2D eigenvalue weighted by Gasteiger charge is 1.98. The molecule has 0 saturated carbocycles. The smallest absolute Gasteiger partial charge is 0.158 e. The molecule has 2 rings (SSSR count). The minimum atomic E-state index is -0.164. The van der Waals surface area contributed by atoms with Gasteiger partial charge in [0.15, 0.2) is 11.5 Å². The summed E-state index contributed by atoms with van der Waals surface area (Å²) in [6, 6.07) is 12.1. The molecule has 0 atom stereocenters. The lowest BCUT2D eigenvalue weighted by Crippen LogP contribution is -1.90. The van der Waals surface area contributed by atoms with Crippen molar-refractivity contribution in [1.29, 1.82) is 0 Å². The first-order valence-electron chi connectivity index (χ1n) is 5.22. The molecule has 3 N–H and O–H groups in total. The number of halogens is 1. The molecular weight excluding hydrogens is 296 g/mol. The first-order valence-corrected chi connectivity index (χ1v) is 6.01. The molecule has 5 heteroatoms. The Morgan fingerprint density at radius 1 is 1.00 bits per heavy atom. The summed E-state index contributed by atoms with van der Waals surface area (Å²) in [6.07, 6.45) is 1.56.